The Balaban J connectivity index is 2.10. The Labute approximate surface area is 124 Å². The summed E-state index contributed by atoms with van der Waals surface area (Å²) >= 11 is 5.42. The van der Waals surface area contributed by atoms with Crippen LogP contribution in [0.15, 0.2) is 30.3 Å². The fourth-order valence-electron chi connectivity index (χ4n) is 2.50. The highest BCUT2D eigenvalue weighted by atomic mass is 32.1. The summed E-state index contributed by atoms with van der Waals surface area (Å²) in [7, 11) is 1.74. The molecule has 0 amide bonds. The fraction of sp³-hybridized carbons (Fsp3) is 0.375. The predicted octanol–water partition coefficient (Wildman–Crippen LogP) is 4.21. The van der Waals surface area contributed by atoms with Gasteiger partial charge in [-0.05, 0) is 31.2 Å². The number of hydrogen-bond donors (Lipinski definition) is 1. The number of H-pyrrole nitrogens is 1. The van der Waals surface area contributed by atoms with Gasteiger partial charge >= 0.3 is 0 Å². The number of hydrogen-bond acceptors (Lipinski definition) is 3. The van der Waals surface area contributed by atoms with Crippen LogP contribution >= 0.6 is 12.2 Å². The molecule has 104 valence electrons. The van der Waals surface area contributed by atoms with Crippen LogP contribution in [-0.2, 0) is 4.74 Å². The van der Waals surface area contributed by atoms with E-state index in [1.54, 1.807) is 7.11 Å². The third-order valence-electron chi connectivity index (χ3n) is 3.81. The molecule has 2 aromatic rings. The van der Waals surface area contributed by atoms with Gasteiger partial charge in [0, 0.05) is 12.7 Å². The lowest BCUT2D eigenvalue weighted by atomic mass is 10.1. The van der Waals surface area contributed by atoms with Gasteiger partial charge in [-0.1, -0.05) is 42.5 Å². The van der Waals surface area contributed by atoms with Gasteiger partial charge in [-0.15, -0.1) is 0 Å². The minimum Gasteiger partial charge on any atom is -0.373 e. The van der Waals surface area contributed by atoms with E-state index in [0.29, 0.717) is 10.6 Å². The molecule has 1 aliphatic rings. The zero-order chi connectivity index (χ0) is 14.1. The molecular weight excluding hydrogens is 268 g/mol. The second-order valence-corrected chi connectivity index (χ2v) is 5.67. The van der Waals surface area contributed by atoms with Gasteiger partial charge in [-0.25, -0.2) is 4.98 Å². The van der Waals surface area contributed by atoms with Crippen molar-refractivity contribution >= 4 is 12.2 Å². The van der Waals surface area contributed by atoms with Crippen LogP contribution in [0.2, 0.25) is 0 Å². The number of rotatable bonds is 4. The third-order valence-corrected chi connectivity index (χ3v) is 4.20. The SMILES string of the molecule is COC(c1nc(=S)c(C)c(-c2ccccc2)[nH]1)C1CC1. The number of ether oxygens (including phenoxy) is 1. The van der Waals surface area contributed by atoms with E-state index in [0.717, 1.165) is 22.6 Å². The molecule has 1 fully saturated rings. The standard InChI is InChI=1S/C16H18N2OS/c1-10-13(11-6-4-3-5-7-11)17-15(18-16(10)20)14(19-2)12-8-9-12/h3-7,12,14H,8-9H2,1-2H3,(H,17,18,20). The van der Waals surface area contributed by atoms with Crippen molar-refractivity contribution in [2.45, 2.75) is 25.9 Å². The highest BCUT2D eigenvalue weighted by molar-refractivity contribution is 7.71. The Morgan fingerprint density at radius 3 is 2.60 bits per heavy atom. The number of methoxy groups -OCH3 is 1. The molecule has 0 bridgehead atoms. The minimum absolute atomic E-state index is 0.0276. The lowest BCUT2D eigenvalue weighted by Crippen LogP contribution is -2.10. The molecule has 1 heterocycles. The highest BCUT2D eigenvalue weighted by Crippen LogP contribution is 2.42. The first-order valence-electron chi connectivity index (χ1n) is 6.89. The van der Waals surface area contributed by atoms with Crippen molar-refractivity contribution in [2.75, 3.05) is 7.11 Å². The van der Waals surface area contributed by atoms with Gasteiger partial charge in [-0.3, -0.25) is 0 Å². The van der Waals surface area contributed by atoms with E-state index >= 15 is 0 Å². The second-order valence-electron chi connectivity index (χ2n) is 5.29. The zero-order valence-corrected chi connectivity index (χ0v) is 12.5. The molecule has 1 aliphatic carbocycles. The molecule has 1 aromatic heterocycles. The number of benzene rings is 1. The minimum atomic E-state index is 0.0276. The third kappa shape index (κ3) is 2.53. The Morgan fingerprint density at radius 2 is 2.00 bits per heavy atom. The summed E-state index contributed by atoms with van der Waals surface area (Å²) in [6.45, 7) is 2.01. The Bertz CT molecular complexity index is 662. The summed E-state index contributed by atoms with van der Waals surface area (Å²) in [6, 6.07) is 10.2. The number of aromatic amines is 1. The summed E-state index contributed by atoms with van der Waals surface area (Å²) in [5, 5.41) is 0. The molecule has 1 unspecified atom stereocenters. The van der Waals surface area contributed by atoms with Crippen molar-refractivity contribution in [1.29, 1.82) is 0 Å². The van der Waals surface area contributed by atoms with E-state index < -0.39 is 0 Å². The second kappa shape index (κ2) is 5.46. The maximum atomic E-state index is 5.61. The van der Waals surface area contributed by atoms with Crippen molar-refractivity contribution in [3.05, 3.63) is 46.4 Å². The van der Waals surface area contributed by atoms with Crippen LogP contribution in [0.25, 0.3) is 11.3 Å². The Hall–Kier alpha value is -1.52. The molecule has 0 radical (unpaired) electrons. The fourth-order valence-corrected chi connectivity index (χ4v) is 2.70. The Kier molecular flexibility index (Phi) is 3.68. The lowest BCUT2D eigenvalue weighted by molar-refractivity contribution is 0.0772. The van der Waals surface area contributed by atoms with Crippen molar-refractivity contribution < 1.29 is 4.74 Å². The smallest absolute Gasteiger partial charge is 0.137 e. The first-order valence-corrected chi connectivity index (χ1v) is 7.30. The van der Waals surface area contributed by atoms with E-state index in [2.05, 4.69) is 22.1 Å². The van der Waals surface area contributed by atoms with Crippen LogP contribution in [0.4, 0.5) is 0 Å². The van der Waals surface area contributed by atoms with Crippen LogP contribution in [0.5, 0.6) is 0 Å². The molecule has 1 saturated carbocycles. The number of nitrogens with one attached hydrogen (secondary N) is 1. The van der Waals surface area contributed by atoms with Crippen LogP contribution in [-0.4, -0.2) is 17.1 Å². The van der Waals surface area contributed by atoms with Crippen molar-refractivity contribution in [3.8, 4) is 11.3 Å². The van der Waals surface area contributed by atoms with E-state index in [-0.39, 0.29) is 6.10 Å². The molecule has 0 saturated heterocycles. The van der Waals surface area contributed by atoms with Gasteiger partial charge in [0.1, 0.15) is 16.6 Å². The van der Waals surface area contributed by atoms with Crippen molar-refractivity contribution in [3.63, 3.8) is 0 Å². The average molecular weight is 286 g/mol. The summed E-state index contributed by atoms with van der Waals surface area (Å²) in [5.41, 5.74) is 3.19. The van der Waals surface area contributed by atoms with E-state index in [4.69, 9.17) is 17.0 Å². The molecule has 1 N–H and O–H groups in total. The molecule has 0 aliphatic heterocycles. The normalized spacial score (nSPS) is 16.1. The van der Waals surface area contributed by atoms with E-state index in [9.17, 15) is 0 Å². The van der Waals surface area contributed by atoms with Gasteiger partial charge in [0.15, 0.2) is 0 Å². The highest BCUT2D eigenvalue weighted by Gasteiger charge is 2.34. The topological polar surface area (TPSA) is 37.9 Å². The van der Waals surface area contributed by atoms with E-state index in [1.807, 2.05) is 25.1 Å². The molecule has 1 aromatic carbocycles. The summed E-state index contributed by atoms with van der Waals surface area (Å²) in [6.07, 6.45) is 2.43. The van der Waals surface area contributed by atoms with Gasteiger partial charge in [0.05, 0.1) is 5.69 Å². The molecule has 3 nitrogen and oxygen atoms in total. The maximum Gasteiger partial charge on any atom is 0.137 e. The zero-order valence-electron chi connectivity index (χ0n) is 11.7. The van der Waals surface area contributed by atoms with Gasteiger partial charge < -0.3 is 9.72 Å². The maximum absolute atomic E-state index is 5.61. The van der Waals surface area contributed by atoms with Crippen LogP contribution in [0.3, 0.4) is 0 Å². The van der Waals surface area contributed by atoms with Crippen LogP contribution < -0.4 is 0 Å². The van der Waals surface area contributed by atoms with Gasteiger partial charge in [-0.2, -0.15) is 0 Å². The quantitative estimate of drug-likeness (QED) is 0.855. The van der Waals surface area contributed by atoms with E-state index in [1.165, 1.54) is 12.8 Å². The molecule has 4 heteroatoms. The monoisotopic (exact) mass is 286 g/mol. The molecular formula is C16H18N2OS. The molecule has 1 atom stereocenters. The predicted molar refractivity (Wildman–Crippen MR) is 82.1 cm³/mol. The molecule has 0 spiro atoms. The Morgan fingerprint density at radius 1 is 1.30 bits per heavy atom. The first kappa shape index (κ1) is 13.5. The van der Waals surface area contributed by atoms with Crippen molar-refractivity contribution in [1.82, 2.24) is 9.97 Å². The van der Waals surface area contributed by atoms with Crippen LogP contribution in [0, 0.1) is 17.5 Å². The number of aromatic nitrogens is 2. The summed E-state index contributed by atoms with van der Waals surface area (Å²) in [5.74, 6) is 1.42. The van der Waals surface area contributed by atoms with Gasteiger partial charge in [0.25, 0.3) is 0 Å². The van der Waals surface area contributed by atoms with Gasteiger partial charge in [0.2, 0.25) is 0 Å². The lowest BCUT2D eigenvalue weighted by Gasteiger charge is -2.16. The first-order chi connectivity index (χ1) is 9.70. The molecule has 3 rings (SSSR count). The van der Waals surface area contributed by atoms with Crippen molar-refractivity contribution in [2.24, 2.45) is 5.92 Å². The largest absolute Gasteiger partial charge is 0.373 e. The summed E-state index contributed by atoms with van der Waals surface area (Å²) in [4.78, 5) is 7.96. The number of nitrogens with zero attached hydrogens (tertiary/aromatic N) is 1. The molecule has 20 heavy (non-hydrogen) atoms. The average Bonchev–Trinajstić information content (AvgIpc) is 3.29. The summed E-state index contributed by atoms with van der Waals surface area (Å²) < 4.78 is 6.26. The van der Waals surface area contributed by atoms with Crippen LogP contribution in [0.1, 0.15) is 30.3 Å².